The maximum absolute atomic E-state index is 10.1. The third-order valence-corrected chi connectivity index (χ3v) is 5.00. The first kappa shape index (κ1) is 15.8. The zero-order chi connectivity index (χ0) is 16.0. The van der Waals surface area contributed by atoms with E-state index in [0.29, 0.717) is 6.04 Å². The van der Waals surface area contributed by atoms with E-state index in [0.717, 1.165) is 30.5 Å². The number of hydrogen-bond donors (Lipinski definition) is 1. The topological polar surface area (TPSA) is 35.8 Å². The van der Waals surface area contributed by atoms with E-state index in [4.69, 9.17) is 0 Å². The number of piperidine rings is 1. The van der Waals surface area contributed by atoms with E-state index in [2.05, 4.69) is 35.7 Å². The molecule has 2 nitrogen and oxygen atoms in total. The smallest absolute Gasteiger partial charge is 0.107 e. The molecule has 1 N–H and O–H groups in total. The number of nitriles is 1. The normalized spacial score (nSPS) is 18.3. The van der Waals surface area contributed by atoms with Crippen molar-refractivity contribution >= 4 is 0 Å². The molecule has 0 spiro atoms. The van der Waals surface area contributed by atoms with Crippen LogP contribution in [0.15, 0.2) is 60.7 Å². The van der Waals surface area contributed by atoms with Crippen molar-refractivity contribution in [2.45, 2.75) is 43.6 Å². The molecule has 118 valence electrons. The Balaban J connectivity index is 1.91. The zero-order valence-electron chi connectivity index (χ0n) is 13.5. The fourth-order valence-corrected chi connectivity index (χ4v) is 3.65. The summed E-state index contributed by atoms with van der Waals surface area (Å²) >= 11 is 0. The number of rotatable bonds is 5. The monoisotopic (exact) mass is 304 g/mol. The van der Waals surface area contributed by atoms with Crippen LogP contribution in [0.4, 0.5) is 0 Å². The Morgan fingerprint density at radius 2 is 1.57 bits per heavy atom. The van der Waals surface area contributed by atoms with Crippen molar-refractivity contribution in [1.82, 2.24) is 5.32 Å². The summed E-state index contributed by atoms with van der Waals surface area (Å²) in [6, 6.07) is 23.7. The van der Waals surface area contributed by atoms with Crippen LogP contribution in [0.1, 0.15) is 43.2 Å². The second-order valence-corrected chi connectivity index (χ2v) is 6.43. The summed E-state index contributed by atoms with van der Waals surface area (Å²) in [5, 5.41) is 13.8. The van der Waals surface area contributed by atoms with Gasteiger partial charge in [-0.05, 0) is 43.4 Å². The number of benzene rings is 2. The van der Waals surface area contributed by atoms with Crippen LogP contribution in [-0.4, -0.2) is 12.6 Å². The summed E-state index contributed by atoms with van der Waals surface area (Å²) in [7, 11) is 0. The molecule has 0 saturated carbocycles. The lowest BCUT2D eigenvalue weighted by Gasteiger charge is -2.31. The van der Waals surface area contributed by atoms with Crippen molar-refractivity contribution in [3.8, 4) is 6.07 Å². The van der Waals surface area contributed by atoms with Gasteiger partial charge in [-0.3, -0.25) is 0 Å². The average Bonchev–Trinajstić information content (AvgIpc) is 2.65. The molecule has 23 heavy (non-hydrogen) atoms. The van der Waals surface area contributed by atoms with Crippen molar-refractivity contribution in [3.05, 3.63) is 71.8 Å². The van der Waals surface area contributed by atoms with Crippen molar-refractivity contribution < 1.29 is 0 Å². The van der Waals surface area contributed by atoms with Crippen LogP contribution < -0.4 is 5.32 Å². The molecule has 2 aromatic carbocycles. The van der Waals surface area contributed by atoms with Crippen LogP contribution in [0.3, 0.4) is 0 Å². The molecule has 0 unspecified atom stereocenters. The van der Waals surface area contributed by atoms with Crippen molar-refractivity contribution in [3.63, 3.8) is 0 Å². The molecule has 0 aromatic heterocycles. The fraction of sp³-hybridized carbons (Fsp3) is 0.381. The minimum Gasteiger partial charge on any atom is -0.314 e. The number of nitrogens with zero attached hydrogens (tertiary/aromatic N) is 1. The number of hydrogen-bond acceptors (Lipinski definition) is 2. The van der Waals surface area contributed by atoms with E-state index >= 15 is 0 Å². The third-order valence-electron chi connectivity index (χ3n) is 5.00. The molecule has 0 bridgehead atoms. The summed E-state index contributed by atoms with van der Waals surface area (Å²) in [6.07, 6.45) is 5.70. The summed E-state index contributed by atoms with van der Waals surface area (Å²) < 4.78 is 0. The Hall–Kier alpha value is -2.11. The highest BCUT2D eigenvalue weighted by Crippen LogP contribution is 2.37. The summed E-state index contributed by atoms with van der Waals surface area (Å²) in [5.74, 6) is 0. The van der Waals surface area contributed by atoms with Gasteiger partial charge < -0.3 is 5.32 Å². The van der Waals surface area contributed by atoms with Gasteiger partial charge in [-0.2, -0.15) is 5.26 Å². The Kier molecular flexibility index (Phi) is 5.10. The minimum atomic E-state index is -0.554. The molecule has 1 saturated heterocycles. The zero-order valence-corrected chi connectivity index (χ0v) is 13.5. The lowest BCUT2D eigenvalue weighted by molar-refractivity contribution is 0.359. The molecule has 2 heteroatoms. The molecular weight excluding hydrogens is 280 g/mol. The standard InChI is InChI=1S/C21H24N2/c22-17-21(18-9-3-1-4-10-18,19-11-5-2-6-12-19)15-14-20-13-7-8-16-23-20/h1-6,9-12,20,23H,7-8,13-16H2/t20-/m1/s1. The van der Waals surface area contributed by atoms with Crippen LogP contribution in [-0.2, 0) is 5.41 Å². The van der Waals surface area contributed by atoms with Gasteiger partial charge in [0.15, 0.2) is 0 Å². The predicted octanol–water partition coefficient (Wildman–Crippen LogP) is 4.42. The van der Waals surface area contributed by atoms with Crippen LogP contribution in [0.5, 0.6) is 0 Å². The first-order valence-corrected chi connectivity index (χ1v) is 8.61. The maximum atomic E-state index is 10.1. The van der Waals surface area contributed by atoms with Crippen LogP contribution in [0.2, 0.25) is 0 Å². The molecule has 1 fully saturated rings. The first-order chi connectivity index (χ1) is 11.3. The van der Waals surface area contributed by atoms with E-state index in [9.17, 15) is 5.26 Å². The van der Waals surface area contributed by atoms with Crippen LogP contribution in [0.25, 0.3) is 0 Å². The lowest BCUT2D eigenvalue weighted by atomic mass is 9.71. The van der Waals surface area contributed by atoms with Crippen LogP contribution >= 0.6 is 0 Å². The molecular formula is C21H24N2. The Labute approximate surface area is 139 Å². The van der Waals surface area contributed by atoms with Crippen molar-refractivity contribution in [1.29, 1.82) is 5.26 Å². The molecule has 1 heterocycles. The van der Waals surface area contributed by atoms with Gasteiger partial charge in [-0.1, -0.05) is 67.1 Å². The van der Waals surface area contributed by atoms with Gasteiger partial charge in [0.05, 0.1) is 6.07 Å². The molecule has 0 aliphatic carbocycles. The van der Waals surface area contributed by atoms with Gasteiger partial charge in [-0.25, -0.2) is 0 Å². The lowest BCUT2D eigenvalue weighted by Crippen LogP contribution is -2.36. The molecule has 1 aliphatic heterocycles. The number of nitrogens with one attached hydrogen (secondary N) is 1. The van der Waals surface area contributed by atoms with Gasteiger partial charge in [0, 0.05) is 6.04 Å². The predicted molar refractivity (Wildman–Crippen MR) is 94.2 cm³/mol. The van der Waals surface area contributed by atoms with E-state index in [-0.39, 0.29) is 0 Å². The van der Waals surface area contributed by atoms with Gasteiger partial charge in [0.2, 0.25) is 0 Å². The molecule has 0 amide bonds. The van der Waals surface area contributed by atoms with Gasteiger partial charge in [-0.15, -0.1) is 0 Å². The highest BCUT2D eigenvalue weighted by molar-refractivity contribution is 5.45. The SMILES string of the molecule is N#CC(CC[C@H]1CCCCN1)(c1ccccc1)c1ccccc1. The summed E-state index contributed by atoms with van der Waals surface area (Å²) in [5.41, 5.74) is 1.65. The van der Waals surface area contributed by atoms with Crippen LogP contribution in [0, 0.1) is 11.3 Å². The Morgan fingerprint density at radius 3 is 2.04 bits per heavy atom. The van der Waals surface area contributed by atoms with Gasteiger partial charge >= 0.3 is 0 Å². The summed E-state index contributed by atoms with van der Waals surface area (Å²) in [4.78, 5) is 0. The first-order valence-electron chi connectivity index (χ1n) is 8.61. The van der Waals surface area contributed by atoms with E-state index in [1.165, 1.54) is 19.3 Å². The molecule has 3 rings (SSSR count). The van der Waals surface area contributed by atoms with Gasteiger partial charge in [0.25, 0.3) is 0 Å². The Morgan fingerprint density at radius 1 is 0.957 bits per heavy atom. The fourth-order valence-electron chi connectivity index (χ4n) is 3.65. The Bertz CT molecular complexity index is 597. The molecule has 2 aromatic rings. The van der Waals surface area contributed by atoms with E-state index < -0.39 is 5.41 Å². The van der Waals surface area contributed by atoms with E-state index in [1.807, 2.05) is 36.4 Å². The molecule has 1 atom stereocenters. The highest BCUT2D eigenvalue weighted by Gasteiger charge is 2.34. The van der Waals surface area contributed by atoms with Crippen molar-refractivity contribution in [2.75, 3.05) is 6.54 Å². The van der Waals surface area contributed by atoms with E-state index in [1.54, 1.807) is 0 Å². The molecule has 0 radical (unpaired) electrons. The largest absolute Gasteiger partial charge is 0.314 e. The van der Waals surface area contributed by atoms with Gasteiger partial charge in [0.1, 0.15) is 5.41 Å². The maximum Gasteiger partial charge on any atom is 0.107 e. The molecule has 1 aliphatic rings. The van der Waals surface area contributed by atoms with Crippen molar-refractivity contribution in [2.24, 2.45) is 0 Å². The summed E-state index contributed by atoms with van der Waals surface area (Å²) in [6.45, 7) is 1.11. The average molecular weight is 304 g/mol. The highest BCUT2D eigenvalue weighted by atomic mass is 14.9. The minimum absolute atomic E-state index is 0.545. The second kappa shape index (κ2) is 7.44. The third kappa shape index (κ3) is 3.46. The second-order valence-electron chi connectivity index (χ2n) is 6.43. The quantitative estimate of drug-likeness (QED) is 0.887.